The van der Waals surface area contributed by atoms with Gasteiger partial charge < -0.3 is 10.1 Å². The average Bonchev–Trinajstić information content (AvgIpc) is 2.99. The molecule has 1 N–H and O–H groups in total. The third kappa shape index (κ3) is 4.00. The van der Waals surface area contributed by atoms with Gasteiger partial charge in [-0.25, -0.2) is 8.78 Å². The van der Waals surface area contributed by atoms with Crippen LogP contribution in [0.2, 0.25) is 0 Å². The molecule has 0 fully saturated rings. The number of aromatic nitrogens is 2. The standard InChI is InChI=1S/C18H15F2N3O2/c1-23-9-8-17(22-23)21-18(24)14-5-3-2-4-12(14)11-25-16-7-6-13(19)10-15(16)20/h2-10H,11H2,1H3,(H,21,22,24). The van der Waals surface area contributed by atoms with E-state index in [4.69, 9.17) is 4.74 Å². The fourth-order valence-electron chi connectivity index (χ4n) is 2.28. The zero-order valence-corrected chi connectivity index (χ0v) is 13.4. The van der Waals surface area contributed by atoms with Gasteiger partial charge in [-0.3, -0.25) is 9.48 Å². The number of nitrogens with zero attached hydrogens (tertiary/aromatic N) is 2. The summed E-state index contributed by atoms with van der Waals surface area (Å²) in [6.45, 7) is -0.0334. The molecule has 0 spiro atoms. The number of nitrogens with one attached hydrogen (secondary N) is 1. The molecule has 1 heterocycles. The Morgan fingerprint density at radius 1 is 1.20 bits per heavy atom. The van der Waals surface area contributed by atoms with Crippen molar-refractivity contribution in [2.24, 2.45) is 7.05 Å². The first-order chi connectivity index (χ1) is 12.0. The SMILES string of the molecule is Cn1ccc(NC(=O)c2ccccc2COc2ccc(F)cc2F)n1. The van der Waals surface area contributed by atoms with Crippen LogP contribution in [0.15, 0.2) is 54.7 Å². The van der Waals surface area contributed by atoms with E-state index in [2.05, 4.69) is 10.4 Å². The van der Waals surface area contributed by atoms with Gasteiger partial charge in [0.2, 0.25) is 0 Å². The topological polar surface area (TPSA) is 56.2 Å². The molecule has 25 heavy (non-hydrogen) atoms. The molecule has 7 heteroatoms. The molecule has 3 rings (SSSR count). The summed E-state index contributed by atoms with van der Waals surface area (Å²) in [6, 6.07) is 11.5. The summed E-state index contributed by atoms with van der Waals surface area (Å²) in [6.07, 6.45) is 1.71. The number of rotatable bonds is 5. The molecule has 0 aliphatic rings. The predicted molar refractivity (Wildman–Crippen MR) is 88.3 cm³/mol. The number of hydrogen-bond acceptors (Lipinski definition) is 3. The number of ether oxygens (including phenoxy) is 1. The molecular weight excluding hydrogens is 328 g/mol. The lowest BCUT2D eigenvalue weighted by Crippen LogP contribution is -2.15. The number of aryl methyl sites for hydroxylation is 1. The van der Waals surface area contributed by atoms with Crippen LogP contribution in [-0.2, 0) is 13.7 Å². The Kier molecular flexibility index (Phi) is 4.74. The highest BCUT2D eigenvalue weighted by Gasteiger charge is 2.13. The lowest BCUT2D eigenvalue weighted by Gasteiger charge is -2.11. The molecule has 0 bridgehead atoms. The Balaban J connectivity index is 1.75. The Morgan fingerprint density at radius 2 is 2.00 bits per heavy atom. The minimum Gasteiger partial charge on any atom is -0.486 e. The molecule has 5 nitrogen and oxygen atoms in total. The summed E-state index contributed by atoms with van der Waals surface area (Å²) in [5.74, 6) is -1.48. The normalized spacial score (nSPS) is 10.5. The molecule has 0 unspecified atom stereocenters. The molecule has 0 aliphatic carbocycles. The first-order valence-electron chi connectivity index (χ1n) is 7.49. The molecule has 0 aliphatic heterocycles. The second-order valence-corrected chi connectivity index (χ2v) is 5.35. The molecule has 128 valence electrons. The van der Waals surface area contributed by atoms with Gasteiger partial charge in [0.15, 0.2) is 17.4 Å². The molecule has 1 aromatic heterocycles. The van der Waals surface area contributed by atoms with Crippen LogP contribution in [0.25, 0.3) is 0 Å². The van der Waals surface area contributed by atoms with Crippen molar-refractivity contribution < 1.29 is 18.3 Å². The van der Waals surface area contributed by atoms with Crippen LogP contribution in [0.3, 0.4) is 0 Å². The number of benzene rings is 2. The summed E-state index contributed by atoms with van der Waals surface area (Å²) >= 11 is 0. The summed E-state index contributed by atoms with van der Waals surface area (Å²) in [7, 11) is 1.74. The van der Waals surface area contributed by atoms with E-state index in [9.17, 15) is 13.6 Å². The van der Waals surface area contributed by atoms with Crippen LogP contribution in [0.5, 0.6) is 5.75 Å². The van der Waals surface area contributed by atoms with Crippen LogP contribution in [0.4, 0.5) is 14.6 Å². The molecule has 1 amide bonds. The Hall–Kier alpha value is -3.22. The number of anilines is 1. The third-order valence-corrected chi connectivity index (χ3v) is 3.49. The maximum atomic E-state index is 13.6. The monoisotopic (exact) mass is 343 g/mol. The van der Waals surface area contributed by atoms with Crippen LogP contribution in [0, 0.1) is 11.6 Å². The third-order valence-electron chi connectivity index (χ3n) is 3.49. The molecular formula is C18H15F2N3O2. The Morgan fingerprint density at radius 3 is 2.72 bits per heavy atom. The van der Waals surface area contributed by atoms with Gasteiger partial charge in [0.05, 0.1) is 0 Å². The van der Waals surface area contributed by atoms with E-state index >= 15 is 0 Å². The first kappa shape index (κ1) is 16.6. The summed E-state index contributed by atoms with van der Waals surface area (Å²) < 4.78 is 33.5. The van der Waals surface area contributed by atoms with E-state index in [-0.39, 0.29) is 18.3 Å². The Labute approximate surface area is 142 Å². The van der Waals surface area contributed by atoms with Crippen molar-refractivity contribution in [3.8, 4) is 5.75 Å². The highest BCUT2D eigenvalue weighted by molar-refractivity contribution is 6.04. The van der Waals surface area contributed by atoms with Crippen molar-refractivity contribution in [1.82, 2.24) is 9.78 Å². The minimum absolute atomic E-state index is 0.0334. The second kappa shape index (κ2) is 7.12. The van der Waals surface area contributed by atoms with E-state index in [1.54, 1.807) is 48.3 Å². The van der Waals surface area contributed by atoms with Crippen LogP contribution < -0.4 is 10.1 Å². The number of carbonyl (C=O) groups excluding carboxylic acids is 1. The fourth-order valence-corrected chi connectivity index (χ4v) is 2.28. The molecule has 0 saturated heterocycles. The van der Waals surface area contributed by atoms with Gasteiger partial charge in [-0.2, -0.15) is 5.10 Å². The van der Waals surface area contributed by atoms with Crippen molar-refractivity contribution in [1.29, 1.82) is 0 Å². The summed E-state index contributed by atoms with van der Waals surface area (Å²) in [5, 5.41) is 6.77. The van der Waals surface area contributed by atoms with Crippen LogP contribution in [0.1, 0.15) is 15.9 Å². The summed E-state index contributed by atoms with van der Waals surface area (Å²) in [4.78, 5) is 12.4. The van der Waals surface area contributed by atoms with Gasteiger partial charge in [-0.15, -0.1) is 0 Å². The number of hydrogen-bond donors (Lipinski definition) is 1. The fraction of sp³-hybridized carbons (Fsp3) is 0.111. The molecule has 0 atom stereocenters. The van der Waals surface area contributed by atoms with Gasteiger partial charge in [0, 0.05) is 36.5 Å². The van der Waals surface area contributed by atoms with Gasteiger partial charge in [-0.05, 0) is 18.2 Å². The lowest BCUT2D eigenvalue weighted by molar-refractivity contribution is 0.102. The molecule has 2 aromatic carbocycles. The molecule has 0 saturated carbocycles. The lowest BCUT2D eigenvalue weighted by atomic mass is 10.1. The van der Waals surface area contributed by atoms with E-state index in [1.165, 1.54) is 6.07 Å². The van der Waals surface area contributed by atoms with Gasteiger partial charge >= 0.3 is 0 Å². The molecule has 0 radical (unpaired) electrons. The van der Waals surface area contributed by atoms with E-state index in [1.807, 2.05) is 0 Å². The van der Waals surface area contributed by atoms with E-state index in [0.717, 1.165) is 12.1 Å². The van der Waals surface area contributed by atoms with Crippen molar-refractivity contribution >= 4 is 11.7 Å². The Bertz CT molecular complexity index is 909. The highest BCUT2D eigenvalue weighted by atomic mass is 19.1. The van der Waals surface area contributed by atoms with Gasteiger partial charge in [0.25, 0.3) is 5.91 Å². The zero-order chi connectivity index (χ0) is 17.8. The van der Waals surface area contributed by atoms with Crippen molar-refractivity contribution in [3.05, 3.63) is 77.5 Å². The quantitative estimate of drug-likeness (QED) is 0.771. The van der Waals surface area contributed by atoms with Crippen LogP contribution in [-0.4, -0.2) is 15.7 Å². The van der Waals surface area contributed by atoms with Crippen molar-refractivity contribution in [2.45, 2.75) is 6.61 Å². The number of halogens is 2. The number of carbonyl (C=O) groups is 1. The second-order valence-electron chi connectivity index (χ2n) is 5.35. The van der Waals surface area contributed by atoms with E-state index < -0.39 is 11.6 Å². The zero-order valence-electron chi connectivity index (χ0n) is 13.4. The van der Waals surface area contributed by atoms with E-state index in [0.29, 0.717) is 16.9 Å². The van der Waals surface area contributed by atoms with Gasteiger partial charge in [-0.1, -0.05) is 18.2 Å². The highest BCUT2D eigenvalue weighted by Crippen LogP contribution is 2.20. The van der Waals surface area contributed by atoms with Crippen molar-refractivity contribution in [3.63, 3.8) is 0 Å². The average molecular weight is 343 g/mol. The molecule has 3 aromatic rings. The smallest absolute Gasteiger partial charge is 0.257 e. The van der Waals surface area contributed by atoms with Crippen molar-refractivity contribution in [2.75, 3.05) is 5.32 Å². The largest absolute Gasteiger partial charge is 0.486 e. The van der Waals surface area contributed by atoms with Gasteiger partial charge in [0.1, 0.15) is 12.4 Å². The van der Waals surface area contributed by atoms with Crippen LogP contribution >= 0.6 is 0 Å². The summed E-state index contributed by atoms with van der Waals surface area (Å²) in [5.41, 5.74) is 0.954. The first-order valence-corrected chi connectivity index (χ1v) is 7.49. The maximum absolute atomic E-state index is 13.6. The minimum atomic E-state index is -0.796. The maximum Gasteiger partial charge on any atom is 0.257 e. The number of amides is 1. The predicted octanol–water partition coefficient (Wildman–Crippen LogP) is 3.53.